The van der Waals surface area contributed by atoms with E-state index in [-0.39, 0.29) is 41.4 Å². The standard InChI is InChI=1S/C43H68FN3O12SSi2/c1-16-23-55-39(52)38-36(50)35(49)37(51)40(57-38)56-32(48)25-30(59-62(14,15)43(7,8)9)24-29(58-61(12,13)42(4,5)6)21-22-31-33(26(2)3)45-41(47(10)60(11,53)54)46-34(31)27-17-19-28(44)20-18-27/h16-22,26,29-30,35-38,40,49-51H,1,23-25H2,2-15H3/b22-21+/t29-,30-,35?,36+,37-,38+,40-/m1/s1. The first-order chi connectivity index (χ1) is 28.3. The molecule has 19 heteroatoms. The van der Waals surface area contributed by atoms with Crippen molar-refractivity contribution in [3.63, 3.8) is 0 Å². The second-order valence-electron chi connectivity index (χ2n) is 19.1. The Hall–Kier alpha value is -3.41. The number of anilines is 1. The summed E-state index contributed by atoms with van der Waals surface area (Å²) in [6.45, 7) is 27.8. The van der Waals surface area contributed by atoms with Crippen LogP contribution < -0.4 is 4.31 Å². The summed E-state index contributed by atoms with van der Waals surface area (Å²) in [6.07, 6.45) is -5.03. The van der Waals surface area contributed by atoms with Crippen LogP contribution in [0.25, 0.3) is 17.3 Å². The van der Waals surface area contributed by atoms with Crippen molar-refractivity contribution in [2.45, 2.75) is 153 Å². The fourth-order valence-electron chi connectivity index (χ4n) is 5.87. The van der Waals surface area contributed by atoms with Crippen molar-refractivity contribution in [1.82, 2.24) is 9.97 Å². The third-order valence-electron chi connectivity index (χ3n) is 11.7. The molecule has 1 unspecified atom stereocenters. The summed E-state index contributed by atoms with van der Waals surface area (Å²) in [5.41, 5.74) is 1.95. The monoisotopic (exact) mass is 925 g/mol. The molecule has 1 aromatic heterocycles. The van der Waals surface area contributed by atoms with Gasteiger partial charge >= 0.3 is 11.9 Å². The fourth-order valence-corrected chi connectivity index (χ4v) is 8.90. The molecule has 0 aliphatic carbocycles. The molecule has 2 aromatic rings. The predicted octanol–water partition coefficient (Wildman–Crippen LogP) is 6.46. The normalized spacial score (nSPS) is 21.4. The van der Waals surface area contributed by atoms with Crippen LogP contribution in [0.4, 0.5) is 10.3 Å². The number of rotatable bonds is 18. The molecule has 1 aliphatic heterocycles. The quantitative estimate of drug-likeness (QED) is 0.0835. The van der Waals surface area contributed by atoms with E-state index in [1.807, 2.05) is 39.1 Å². The average molecular weight is 926 g/mol. The lowest BCUT2D eigenvalue weighted by atomic mass is 9.97. The molecule has 62 heavy (non-hydrogen) atoms. The number of aliphatic hydroxyl groups is 3. The van der Waals surface area contributed by atoms with Crippen LogP contribution in [0.2, 0.25) is 36.3 Å². The molecule has 1 fully saturated rings. The van der Waals surface area contributed by atoms with Gasteiger partial charge in [0, 0.05) is 24.6 Å². The molecule has 348 valence electrons. The van der Waals surface area contributed by atoms with Crippen molar-refractivity contribution in [2.75, 3.05) is 24.2 Å². The first-order valence-electron chi connectivity index (χ1n) is 20.6. The van der Waals surface area contributed by atoms with Crippen LogP contribution in [-0.4, -0.2) is 125 Å². The van der Waals surface area contributed by atoms with Crippen LogP contribution in [0.15, 0.2) is 43.0 Å². The highest BCUT2D eigenvalue weighted by atomic mass is 32.2. The SMILES string of the molecule is C=CCOC(=O)[C@H]1O[C@@H](OC(=O)C[C@@H](C[C@@H](/C=C/c2c(-c3ccc(F)cc3)nc(N(C)S(C)(=O)=O)nc2C(C)C)O[Si](C)(C)C(C)(C)C)O[Si](C)(C)C(C)(C)C)[C@H](O)C(O)[C@@H]1O. The molecular formula is C43H68FN3O12SSi2. The van der Waals surface area contributed by atoms with E-state index in [4.69, 9.17) is 33.0 Å². The van der Waals surface area contributed by atoms with Gasteiger partial charge in [-0.05, 0) is 66.4 Å². The van der Waals surface area contributed by atoms with Crippen molar-refractivity contribution in [3.05, 3.63) is 60.1 Å². The van der Waals surface area contributed by atoms with E-state index in [0.717, 1.165) is 10.6 Å². The lowest BCUT2D eigenvalue weighted by molar-refractivity contribution is -0.287. The summed E-state index contributed by atoms with van der Waals surface area (Å²) in [7, 11) is -7.59. The lowest BCUT2D eigenvalue weighted by Crippen LogP contribution is -2.61. The fraction of sp³-hybridized carbons (Fsp3) is 0.628. The number of carbonyl (C=O) groups excluding carboxylic acids is 2. The largest absolute Gasteiger partial charge is 0.459 e. The number of sulfonamides is 1. The number of aliphatic hydroxyl groups excluding tert-OH is 3. The number of ether oxygens (including phenoxy) is 3. The highest BCUT2D eigenvalue weighted by molar-refractivity contribution is 7.92. The summed E-state index contributed by atoms with van der Waals surface area (Å²) in [5.74, 6) is -2.68. The Morgan fingerprint density at radius 3 is 2.03 bits per heavy atom. The zero-order valence-electron chi connectivity index (χ0n) is 38.6. The Labute approximate surface area is 369 Å². The zero-order chi connectivity index (χ0) is 47.3. The van der Waals surface area contributed by atoms with Gasteiger partial charge in [-0.15, -0.1) is 0 Å². The van der Waals surface area contributed by atoms with Crippen LogP contribution in [0.3, 0.4) is 0 Å². The molecule has 1 saturated heterocycles. The van der Waals surface area contributed by atoms with E-state index in [1.54, 1.807) is 12.1 Å². The van der Waals surface area contributed by atoms with Crippen LogP contribution in [0.1, 0.15) is 85.4 Å². The lowest BCUT2D eigenvalue weighted by Gasteiger charge is -2.42. The smallest absolute Gasteiger partial charge is 0.338 e. The molecule has 3 rings (SSSR count). The maximum absolute atomic E-state index is 14.2. The van der Waals surface area contributed by atoms with Crippen molar-refractivity contribution in [3.8, 4) is 11.3 Å². The summed E-state index contributed by atoms with van der Waals surface area (Å²) < 4.78 is 70.5. The van der Waals surface area contributed by atoms with Gasteiger partial charge in [0.1, 0.15) is 30.7 Å². The summed E-state index contributed by atoms with van der Waals surface area (Å²) in [5, 5.41) is 31.3. The second-order valence-corrected chi connectivity index (χ2v) is 30.6. The van der Waals surface area contributed by atoms with Crippen LogP contribution in [0.5, 0.6) is 0 Å². The van der Waals surface area contributed by atoms with E-state index in [9.17, 15) is 37.7 Å². The third kappa shape index (κ3) is 13.6. The maximum Gasteiger partial charge on any atom is 0.338 e. The zero-order valence-corrected chi connectivity index (χ0v) is 41.4. The van der Waals surface area contributed by atoms with Crippen molar-refractivity contribution in [1.29, 1.82) is 0 Å². The van der Waals surface area contributed by atoms with E-state index in [1.165, 1.54) is 25.3 Å². The van der Waals surface area contributed by atoms with Crippen molar-refractivity contribution >= 4 is 50.6 Å². The van der Waals surface area contributed by atoms with Gasteiger partial charge in [-0.1, -0.05) is 80.2 Å². The topological polar surface area (TPSA) is 204 Å². The van der Waals surface area contributed by atoms with Gasteiger partial charge in [0.25, 0.3) is 0 Å². The Morgan fingerprint density at radius 2 is 1.52 bits per heavy atom. The van der Waals surface area contributed by atoms with Gasteiger partial charge < -0.3 is 38.4 Å². The molecule has 7 atom stereocenters. The number of hydrogen-bond acceptors (Lipinski definition) is 14. The minimum Gasteiger partial charge on any atom is -0.459 e. The number of halogens is 1. The van der Waals surface area contributed by atoms with E-state index in [0.29, 0.717) is 22.5 Å². The summed E-state index contributed by atoms with van der Waals surface area (Å²) >= 11 is 0. The number of carbonyl (C=O) groups is 2. The average Bonchev–Trinajstić information content (AvgIpc) is 3.14. The number of nitrogens with zero attached hydrogens (tertiary/aromatic N) is 3. The molecule has 1 aliphatic rings. The molecule has 0 amide bonds. The Balaban J connectivity index is 2.18. The Kier molecular flexibility index (Phi) is 17.6. The van der Waals surface area contributed by atoms with E-state index >= 15 is 0 Å². The number of benzene rings is 1. The highest BCUT2D eigenvalue weighted by Gasteiger charge is 2.50. The van der Waals surface area contributed by atoms with E-state index < -0.39 is 87.3 Å². The Morgan fingerprint density at radius 1 is 0.952 bits per heavy atom. The van der Waals surface area contributed by atoms with Crippen LogP contribution in [-0.2, 0) is 42.7 Å². The van der Waals surface area contributed by atoms with Gasteiger partial charge in [0.05, 0.1) is 36.3 Å². The predicted molar refractivity (Wildman–Crippen MR) is 241 cm³/mol. The molecule has 15 nitrogen and oxygen atoms in total. The van der Waals surface area contributed by atoms with Gasteiger partial charge in [-0.25, -0.2) is 31.9 Å². The van der Waals surface area contributed by atoms with Crippen LogP contribution >= 0.6 is 0 Å². The first kappa shape index (κ1) is 52.9. The Bertz CT molecular complexity index is 2020. The number of hydrogen-bond donors (Lipinski definition) is 3. The van der Waals surface area contributed by atoms with Crippen molar-refractivity contribution < 1.29 is 60.8 Å². The molecule has 0 spiro atoms. The van der Waals surface area contributed by atoms with Crippen LogP contribution in [0, 0.1) is 5.82 Å². The number of esters is 2. The molecule has 0 saturated carbocycles. The minimum atomic E-state index is -3.76. The minimum absolute atomic E-state index is 0.0582. The van der Waals surface area contributed by atoms with Gasteiger partial charge in [-0.3, -0.25) is 4.79 Å². The van der Waals surface area contributed by atoms with Gasteiger partial charge in [0.2, 0.25) is 22.3 Å². The molecule has 2 heterocycles. The molecule has 1 aromatic carbocycles. The highest BCUT2D eigenvalue weighted by Crippen LogP contribution is 2.41. The third-order valence-corrected chi connectivity index (χ3v) is 21.9. The first-order valence-corrected chi connectivity index (χ1v) is 28.3. The van der Waals surface area contributed by atoms with Gasteiger partial charge in [-0.2, -0.15) is 0 Å². The maximum atomic E-state index is 14.2. The summed E-state index contributed by atoms with van der Waals surface area (Å²) in [4.78, 5) is 35.9. The molecular weight excluding hydrogens is 858 g/mol. The molecule has 0 bridgehead atoms. The second kappa shape index (κ2) is 20.6. The van der Waals surface area contributed by atoms with E-state index in [2.05, 4.69) is 61.2 Å². The summed E-state index contributed by atoms with van der Waals surface area (Å²) in [6, 6.07) is 5.70. The number of aromatic nitrogens is 2. The van der Waals surface area contributed by atoms with Crippen molar-refractivity contribution in [2.24, 2.45) is 0 Å². The molecule has 0 radical (unpaired) electrons. The molecule has 3 N–H and O–H groups in total. The van der Waals surface area contributed by atoms with Gasteiger partial charge in [0.15, 0.2) is 22.7 Å².